The summed E-state index contributed by atoms with van der Waals surface area (Å²) in [5, 5.41) is 10.8. The lowest BCUT2D eigenvalue weighted by Crippen LogP contribution is -2.53. The van der Waals surface area contributed by atoms with Crippen molar-refractivity contribution in [3.8, 4) is 0 Å². The highest BCUT2D eigenvalue weighted by molar-refractivity contribution is 5.90. The third-order valence-electron chi connectivity index (χ3n) is 10.6. The molecule has 2 heteroatoms. The normalized spacial score (nSPS) is 42.3. The van der Waals surface area contributed by atoms with Crippen LogP contribution in [-0.2, 0) is 4.79 Å². The van der Waals surface area contributed by atoms with Gasteiger partial charge in [0.05, 0.1) is 6.10 Å². The number of hydrogen-bond donors (Lipinski definition) is 1. The second kappa shape index (κ2) is 7.86. The molecule has 0 bridgehead atoms. The van der Waals surface area contributed by atoms with Gasteiger partial charge in [-0.1, -0.05) is 51.3 Å². The van der Waals surface area contributed by atoms with Crippen LogP contribution in [0.1, 0.15) is 106 Å². The smallest absolute Gasteiger partial charge is 0.155 e. The summed E-state index contributed by atoms with van der Waals surface area (Å²) in [7, 11) is 0. The van der Waals surface area contributed by atoms with E-state index in [1.807, 2.05) is 25.5 Å². The van der Waals surface area contributed by atoms with E-state index >= 15 is 0 Å². The Morgan fingerprint density at radius 1 is 1.06 bits per heavy atom. The number of carbonyl (C=O) groups excluding carboxylic acids is 1. The molecule has 2 fully saturated rings. The predicted molar refractivity (Wildman–Crippen MR) is 129 cm³/mol. The molecule has 0 saturated heterocycles. The molecule has 1 N–H and O–H groups in total. The summed E-state index contributed by atoms with van der Waals surface area (Å²) in [5.74, 6) is 2.76. The highest BCUT2D eigenvalue weighted by Crippen LogP contribution is 2.68. The summed E-state index contributed by atoms with van der Waals surface area (Å²) in [6.07, 6.45) is 12.1. The minimum Gasteiger partial charge on any atom is -0.393 e. The average molecular weight is 427 g/mol. The fraction of sp³-hybridized carbons (Fsp3) is 0.828. The van der Waals surface area contributed by atoms with Crippen molar-refractivity contribution in [2.24, 2.45) is 39.9 Å². The molecule has 174 valence electrons. The third-order valence-corrected chi connectivity index (χ3v) is 10.6. The minimum absolute atomic E-state index is 0.0181. The lowest BCUT2D eigenvalue weighted by atomic mass is 9.46. The second-order valence-corrected chi connectivity index (χ2v) is 13.0. The quantitative estimate of drug-likeness (QED) is 0.379. The zero-order valence-corrected chi connectivity index (χ0v) is 21.2. The molecule has 2 nitrogen and oxygen atoms in total. The van der Waals surface area contributed by atoms with Crippen molar-refractivity contribution in [1.29, 1.82) is 0 Å². The van der Waals surface area contributed by atoms with Gasteiger partial charge >= 0.3 is 0 Å². The van der Waals surface area contributed by atoms with E-state index in [1.54, 1.807) is 5.57 Å². The monoisotopic (exact) mass is 426 g/mol. The fourth-order valence-electron chi connectivity index (χ4n) is 9.10. The first-order valence-electron chi connectivity index (χ1n) is 13.0. The molecule has 0 aromatic rings. The average Bonchev–Trinajstić information content (AvgIpc) is 3.02. The van der Waals surface area contributed by atoms with Crippen molar-refractivity contribution in [3.63, 3.8) is 0 Å². The van der Waals surface area contributed by atoms with Crippen LogP contribution in [0.5, 0.6) is 0 Å². The zero-order chi connectivity index (χ0) is 22.8. The third kappa shape index (κ3) is 3.60. The first kappa shape index (κ1) is 23.3. The molecule has 0 aromatic heterocycles. The molecule has 0 unspecified atom stereocenters. The van der Waals surface area contributed by atoms with Crippen LogP contribution in [0, 0.1) is 39.9 Å². The molecule has 0 spiro atoms. The lowest BCUT2D eigenvalue weighted by molar-refractivity contribution is -0.116. The highest BCUT2D eigenvalue weighted by atomic mass is 16.3. The van der Waals surface area contributed by atoms with Crippen LogP contribution in [0.15, 0.2) is 22.8 Å². The SMILES string of the molecule is CC(C)=CC(=O)C[C@@H](C)[C@H]1CC[C@H]2C3=C(CC[C@]12C)[C@@]1(C)CC[C@H](O)C(C)(C)[C@@H]1CC3. The number of ketones is 1. The zero-order valence-electron chi connectivity index (χ0n) is 21.2. The molecule has 2 saturated carbocycles. The maximum atomic E-state index is 12.5. The van der Waals surface area contributed by atoms with E-state index in [4.69, 9.17) is 0 Å². The van der Waals surface area contributed by atoms with Gasteiger partial charge in [0.15, 0.2) is 5.78 Å². The summed E-state index contributed by atoms with van der Waals surface area (Å²) in [6.45, 7) is 16.1. The largest absolute Gasteiger partial charge is 0.393 e. The van der Waals surface area contributed by atoms with E-state index in [-0.39, 0.29) is 16.9 Å². The van der Waals surface area contributed by atoms with Gasteiger partial charge in [0.1, 0.15) is 0 Å². The van der Waals surface area contributed by atoms with E-state index in [0.717, 1.165) is 24.3 Å². The number of hydrogen-bond acceptors (Lipinski definition) is 2. The molecule has 31 heavy (non-hydrogen) atoms. The number of aliphatic hydroxyl groups excluding tert-OH is 1. The van der Waals surface area contributed by atoms with Crippen molar-refractivity contribution in [2.75, 3.05) is 0 Å². The fourth-order valence-corrected chi connectivity index (χ4v) is 9.10. The van der Waals surface area contributed by atoms with E-state index in [2.05, 4.69) is 34.6 Å². The standard InChI is InChI=1S/C29H46O2/c1-18(2)16-20(30)17-19(3)22-9-10-23-21-8-11-25-27(4,5)26(31)13-15-29(25,7)24(21)12-14-28(22,23)6/h16,19,22-23,25-26,31H,8-15,17H2,1-7H3/t19-,22-,23+,25+,26+,28-,29-/m1/s1. The second-order valence-electron chi connectivity index (χ2n) is 13.0. The summed E-state index contributed by atoms with van der Waals surface area (Å²) in [4.78, 5) is 12.5. The number of fused-ring (bicyclic) bond motifs is 4. The van der Waals surface area contributed by atoms with E-state index in [0.29, 0.717) is 35.4 Å². The van der Waals surface area contributed by atoms with Gasteiger partial charge in [0, 0.05) is 6.42 Å². The van der Waals surface area contributed by atoms with Gasteiger partial charge in [-0.25, -0.2) is 0 Å². The van der Waals surface area contributed by atoms with Crippen molar-refractivity contribution < 1.29 is 9.90 Å². The molecule has 0 aliphatic heterocycles. The van der Waals surface area contributed by atoms with Gasteiger partial charge in [0.2, 0.25) is 0 Å². The Morgan fingerprint density at radius 3 is 2.45 bits per heavy atom. The summed E-state index contributed by atoms with van der Waals surface area (Å²) < 4.78 is 0. The van der Waals surface area contributed by atoms with Crippen LogP contribution in [0.3, 0.4) is 0 Å². The number of allylic oxidation sites excluding steroid dienone is 4. The van der Waals surface area contributed by atoms with Crippen LogP contribution in [-0.4, -0.2) is 17.0 Å². The first-order valence-corrected chi connectivity index (χ1v) is 13.0. The summed E-state index contributed by atoms with van der Waals surface area (Å²) in [6, 6.07) is 0. The van der Waals surface area contributed by atoms with Crippen LogP contribution in [0.2, 0.25) is 0 Å². The van der Waals surface area contributed by atoms with E-state index in [1.165, 1.54) is 38.5 Å². The van der Waals surface area contributed by atoms with Crippen molar-refractivity contribution in [2.45, 2.75) is 112 Å². The van der Waals surface area contributed by atoms with Crippen LogP contribution in [0.25, 0.3) is 0 Å². The summed E-state index contributed by atoms with van der Waals surface area (Å²) in [5.41, 5.74) is 5.37. The van der Waals surface area contributed by atoms with E-state index < -0.39 is 0 Å². The topological polar surface area (TPSA) is 37.3 Å². The lowest BCUT2D eigenvalue weighted by Gasteiger charge is -2.60. The molecule has 4 aliphatic carbocycles. The van der Waals surface area contributed by atoms with Crippen LogP contribution < -0.4 is 0 Å². The first-order chi connectivity index (χ1) is 14.4. The van der Waals surface area contributed by atoms with Crippen molar-refractivity contribution in [1.82, 2.24) is 0 Å². The van der Waals surface area contributed by atoms with Gasteiger partial charge in [-0.3, -0.25) is 4.79 Å². The molecule has 0 aromatic carbocycles. The Labute approximate surface area is 191 Å². The molecule has 7 atom stereocenters. The highest BCUT2D eigenvalue weighted by Gasteiger charge is 2.59. The van der Waals surface area contributed by atoms with Gasteiger partial charge in [-0.2, -0.15) is 0 Å². The molecule has 0 radical (unpaired) electrons. The van der Waals surface area contributed by atoms with Crippen LogP contribution >= 0.6 is 0 Å². The maximum Gasteiger partial charge on any atom is 0.155 e. The molecular weight excluding hydrogens is 380 g/mol. The van der Waals surface area contributed by atoms with E-state index in [9.17, 15) is 9.90 Å². The number of carbonyl (C=O) groups is 1. The Hall–Kier alpha value is -0.890. The van der Waals surface area contributed by atoms with Gasteiger partial charge < -0.3 is 5.11 Å². The van der Waals surface area contributed by atoms with Crippen LogP contribution in [0.4, 0.5) is 0 Å². The van der Waals surface area contributed by atoms with Gasteiger partial charge in [-0.15, -0.1) is 0 Å². The Balaban J connectivity index is 1.60. The Morgan fingerprint density at radius 2 is 1.77 bits per heavy atom. The molecular formula is C29H46O2. The van der Waals surface area contributed by atoms with Gasteiger partial charge in [-0.05, 0) is 111 Å². The maximum absolute atomic E-state index is 12.5. The molecule has 0 heterocycles. The number of rotatable bonds is 4. The molecule has 4 aliphatic rings. The predicted octanol–water partition coefficient (Wildman–Crippen LogP) is 7.27. The minimum atomic E-state index is -0.156. The van der Waals surface area contributed by atoms with Crippen molar-refractivity contribution >= 4 is 5.78 Å². The number of aliphatic hydroxyl groups is 1. The summed E-state index contributed by atoms with van der Waals surface area (Å²) >= 11 is 0. The Bertz CT molecular complexity index is 798. The molecule has 0 amide bonds. The molecule has 4 rings (SSSR count). The van der Waals surface area contributed by atoms with Crippen molar-refractivity contribution in [3.05, 3.63) is 22.8 Å². The van der Waals surface area contributed by atoms with Gasteiger partial charge in [0.25, 0.3) is 0 Å². The Kier molecular flexibility index (Phi) is 5.90.